The number of aromatic nitrogens is 3. The number of nitrogens with zero attached hydrogens (tertiary/aromatic N) is 3. The molecule has 0 aliphatic carbocycles. The number of amides is 1. The first-order chi connectivity index (χ1) is 13.1. The third-order valence-corrected chi connectivity index (χ3v) is 6.17. The first kappa shape index (κ1) is 19.7. The molecule has 142 valence electrons. The van der Waals surface area contributed by atoms with Crippen molar-refractivity contribution in [3.05, 3.63) is 51.4 Å². The van der Waals surface area contributed by atoms with Crippen LogP contribution in [0.2, 0.25) is 5.02 Å². The summed E-state index contributed by atoms with van der Waals surface area (Å²) >= 11 is 9.18. The largest absolute Gasteiger partial charge is 0.495 e. The van der Waals surface area contributed by atoms with E-state index in [2.05, 4.69) is 27.0 Å². The number of ether oxygens (including phenoxy) is 1. The number of hydrogen-bond donors (Lipinski definition) is 1. The number of methoxy groups -OCH3 is 1. The number of thioether (sulfide) groups is 1. The van der Waals surface area contributed by atoms with Gasteiger partial charge in [0.15, 0.2) is 5.16 Å². The molecule has 3 rings (SSSR count). The molecule has 0 unspecified atom stereocenters. The highest BCUT2D eigenvalue weighted by Gasteiger charge is 2.13. The van der Waals surface area contributed by atoms with Crippen LogP contribution in [0.4, 0.5) is 5.69 Å². The van der Waals surface area contributed by atoms with E-state index in [-0.39, 0.29) is 11.7 Å². The summed E-state index contributed by atoms with van der Waals surface area (Å²) < 4.78 is 7.25. The molecule has 0 aliphatic heterocycles. The van der Waals surface area contributed by atoms with Crippen molar-refractivity contribution in [3.63, 3.8) is 0 Å². The van der Waals surface area contributed by atoms with E-state index in [1.807, 2.05) is 17.6 Å². The summed E-state index contributed by atoms with van der Waals surface area (Å²) in [5.41, 5.74) is 1.47. The van der Waals surface area contributed by atoms with Crippen LogP contribution in [0, 0.1) is 6.92 Å². The SMILES string of the molecule is COc1cc(Cl)c(C)cc1NC(=O)CSc1nncn1CCc1cccs1. The van der Waals surface area contributed by atoms with E-state index in [1.54, 1.807) is 36.9 Å². The summed E-state index contributed by atoms with van der Waals surface area (Å²) in [7, 11) is 1.54. The molecule has 1 N–H and O–H groups in total. The van der Waals surface area contributed by atoms with Gasteiger partial charge in [0.25, 0.3) is 0 Å². The molecular weight excluding hydrogens is 404 g/mol. The van der Waals surface area contributed by atoms with Crippen molar-refractivity contribution in [1.29, 1.82) is 0 Å². The minimum absolute atomic E-state index is 0.146. The van der Waals surface area contributed by atoms with Crippen LogP contribution in [-0.4, -0.2) is 33.5 Å². The van der Waals surface area contributed by atoms with Gasteiger partial charge in [-0.1, -0.05) is 29.4 Å². The molecule has 0 saturated heterocycles. The zero-order valence-electron chi connectivity index (χ0n) is 14.9. The normalized spacial score (nSPS) is 10.8. The van der Waals surface area contributed by atoms with Gasteiger partial charge in [0, 0.05) is 22.5 Å². The number of hydrogen-bond acceptors (Lipinski definition) is 6. The quantitative estimate of drug-likeness (QED) is 0.548. The summed E-state index contributed by atoms with van der Waals surface area (Å²) in [4.78, 5) is 13.7. The molecule has 0 fully saturated rings. The predicted molar refractivity (Wildman–Crippen MR) is 110 cm³/mol. The van der Waals surface area contributed by atoms with E-state index in [0.717, 1.165) is 23.7 Å². The molecule has 1 amide bonds. The zero-order valence-corrected chi connectivity index (χ0v) is 17.3. The standard InChI is InChI=1S/C18H19ClN4O2S2/c1-12-8-15(16(25-2)9-14(12)19)21-17(24)10-27-18-22-20-11-23(18)6-5-13-4-3-7-26-13/h3-4,7-9,11H,5-6,10H2,1-2H3,(H,21,24). The Morgan fingerprint density at radius 3 is 3.04 bits per heavy atom. The van der Waals surface area contributed by atoms with E-state index in [0.29, 0.717) is 16.5 Å². The third-order valence-electron chi connectivity index (χ3n) is 3.85. The van der Waals surface area contributed by atoms with Crippen LogP contribution in [0.15, 0.2) is 41.1 Å². The maximum Gasteiger partial charge on any atom is 0.234 e. The topological polar surface area (TPSA) is 69.0 Å². The summed E-state index contributed by atoms with van der Waals surface area (Å²) in [6.45, 7) is 2.66. The first-order valence-corrected chi connectivity index (χ1v) is 10.5. The molecule has 0 bridgehead atoms. The predicted octanol–water partition coefficient (Wildman–Crippen LogP) is 4.28. The van der Waals surface area contributed by atoms with Gasteiger partial charge < -0.3 is 14.6 Å². The van der Waals surface area contributed by atoms with Gasteiger partial charge in [-0.3, -0.25) is 4.79 Å². The average molecular weight is 423 g/mol. The summed E-state index contributed by atoms with van der Waals surface area (Å²) in [5, 5.41) is 14.3. The number of thiophene rings is 1. The molecular formula is C18H19ClN4O2S2. The van der Waals surface area contributed by atoms with E-state index < -0.39 is 0 Å². The second-order valence-electron chi connectivity index (χ2n) is 5.77. The Labute approximate surface area is 170 Å². The molecule has 27 heavy (non-hydrogen) atoms. The van der Waals surface area contributed by atoms with Gasteiger partial charge in [-0.05, 0) is 36.4 Å². The molecule has 0 saturated carbocycles. The van der Waals surface area contributed by atoms with Crippen LogP contribution in [0.3, 0.4) is 0 Å². The number of halogens is 1. The third kappa shape index (κ3) is 5.24. The Bertz CT molecular complexity index is 912. The summed E-state index contributed by atoms with van der Waals surface area (Å²) in [5.74, 6) is 0.610. The smallest absolute Gasteiger partial charge is 0.234 e. The summed E-state index contributed by atoms with van der Waals surface area (Å²) in [6, 6.07) is 7.64. The van der Waals surface area contributed by atoms with E-state index >= 15 is 0 Å². The Morgan fingerprint density at radius 1 is 1.44 bits per heavy atom. The molecule has 3 aromatic rings. The second kappa shape index (κ2) is 9.25. The molecule has 0 radical (unpaired) electrons. The van der Waals surface area contributed by atoms with Gasteiger partial charge in [-0.25, -0.2) is 0 Å². The van der Waals surface area contributed by atoms with Gasteiger partial charge >= 0.3 is 0 Å². The van der Waals surface area contributed by atoms with Gasteiger partial charge in [-0.15, -0.1) is 21.5 Å². The lowest BCUT2D eigenvalue weighted by molar-refractivity contribution is -0.113. The maximum absolute atomic E-state index is 12.4. The Kier molecular flexibility index (Phi) is 6.76. The highest BCUT2D eigenvalue weighted by Crippen LogP contribution is 2.31. The number of anilines is 1. The van der Waals surface area contributed by atoms with Crippen LogP contribution in [-0.2, 0) is 17.8 Å². The zero-order chi connectivity index (χ0) is 19.2. The van der Waals surface area contributed by atoms with Crippen LogP contribution in [0.1, 0.15) is 10.4 Å². The monoisotopic (exact) mass is 422 g/mol. The fraction of sp³-hybridized carbons (Fsp3) is 0.278. The molecule has 0 aliphatic rings. The van der Waals surface area contributed by atoms with Crippen LogP contribution < -0.4 is 10.1 Å². The van der Waals surface area contributed by atoms with E-state index in [9.17, 15) is 4.79 Å². The van der Waals surface area contributed by atoms with E-state index in [4.69, 9.17) is 16.3 Å². The second-order valence-corrected chi connectivity index (χ2v) is 8.16. The maximum atomic E-state index is 12.4. The number of aryl methyl sites for hydroxylation is 3. The number of carbonyl (C=O) groups is 1. The molecule has 6 nitrogen and oxygen atoms in total. The molecule has 0 atom stereocenters. The highest BCUT2D eigenvalue weighted by molar-refractivity contribution is 7.99. The fourth-order valence-electron chi connectivity index (χ4n) is 2.44. The molecule has 2 aromatic heterocycles. The molecule has 1 aromatic carbocycles. The lowest BCUT2D eigenvalue weighted by atomic mass is 10.2. The molecule has 0 spiro atoms. The summed E-state index contributed by atoms with van der Waals surface area (Å²) in [6.07, 6.45) is 2.61. The Hall–Kier alpha value is -2.03. The van der Waals surface area contributed by atoms with Crippen molar-refractivity contribution >= 4 is 46.3 Å². The van der Waals surface area contributed by atoms with Gasteiger partial charge in [0.1, 0.15) is 12.1 Å². The lowest BCUT2D eigenvalue weighted by Gasteiger charge is -2.12. The van der Waals surface area contributed by atoms with Gasteiger partial charge in [0.05, 0.1) is 18.6 Å². The fourth-order valence-corrected chi connectivity index (χ4v) is 4.03. The Morgan fingerprint density at radius 2 is 2.30 bits per heavy atom. The van der Waals surface area contributed by atoms with E-state index in [1.165, 1.54) is 16.6 Å². The van der Waals surface area contributed by atoms with Crippen LogP contribution in [0.5, 0.6) is 5.75 Å². The number of rotatable bonds is 8. The van der Waals surface area contributed by atoms with Crippen molar-refractivity contribution in [1.82, 2.24) is 14.8 Å². The van der Waals surface area contributed by atoms with Gasteiger partial charge in [-0.2, -0.15) is 0 Å². The number of benzene rings is 1. The average Bonchev–Trinajstić information content (AvgIpc) is 3.32. The molecule has 2 heterocycles. The number of carbonyl (C=O) groups excluding carboxylic acids is 1. The lowest BCUT2D eigenvalue weighted by Crippen LogP contribution is -2.15. The van der Waals surface area contributed by atoms with Crippen LogP contribution in [0.25, 0.3) is 0 Å². The molecule has 9 heteroatoms. The van der Waals surface area contributed by atoms with Gasteiger partial charge in [0.2, 0.25) is 5.91 Å². The highest BCUT2D eigenvalue weighted by atomic mass is 35.5. The minimum atomic E-state index is -0.146. The first-order valence-electron chi connectivity index (χ1n) is 8.24. The van der Waals surface area contributed by atoms with Crippen molar-refractivity contribution in [2.75, 3.05) is 18.2 Å². The van der Waals surface area contributed by atoms with Crippen molar-refractivity contribution < 1.29 is 9.53 Å². The Balaban J connectivity index is 1.57. The number of nitrogens with one attached hydrogen (secondary N) is 1. The van der Waals surface area contributed by atoms with Crippen molar-refractivity contribution in [3.8, 4) is 5.75 Å². The van der Waals surface area contributed by atoms with Crippen LogP contribution >= 0.6 is 34.7 Å². The van der Waals surface area contributed by atoms with Crippen molar-refractivity contribution in [2.24, 2.45) is 0 Å². The van der Waals surface area contributed by atoms with Crippen molar-refractivity contribution in [2.45, 2.75) is 25.0 Å². The minimum Gasteiger partial charge on any atom is -0.495 e.